The molecule has 1 aromatic rings. The first-order chi connectivity index (χ1) is 13.8. The van der Waals surface area contributed by atoms with Crippen LogP contribution in [0.5, 0.6) is 11.5 Å². The Morgan fingerprint density at radius 3 is 2.17 bits per heavy atom. The highest BCUT2D eigenvalue weighted by Crippen LogP contribution is 2.30. The molecule has 0 bridgehead atoms. The van der Waals surface area contributed by atoms with E-state index in [1.54, 1.807) is 14.2 Å². The molecule has 1 aliphatic rings. The Kier molecular flexibility index (Phi) is 11.0. The van der Waals surface area contributed by atoms with Gasteiger partial charge in [-0.1, -0.05) is 0 Å². The van der Waals surface area contributed by atoms with Crippen molar-refractivity contribution in [2.45, 2.75) is 45.2 Å². The van der Waals surface area contributed by atoms with E-state index >= 15 is 0 Å². The van der Waals surface area contributed by atoms with Gasteiger partial charge in [0.15, 0.2) is 5.96 Å². The molecule has 1 aromatic carbocycles. The van der Waals surface area contributed by atoms with Crippen molar-refractivity contribution in [3.8, 4) is 11.5 Å². The number of hydrogen-bond acceptors (Lipinski definition) is 5. The van der Waals surface area contributed by atoms with Gasteiger partial charge in [0, 0.05) is 55.1 Å². The summed E-state index contributed by atoms with van der Waals surface area (Å²) in [5.41, 5.74) is 1.17. The van der Waals surface area contributed by atoms with Crippen molar-refractivity contribution in [2.24, 2.45) is 4.99 Å². The summed E-state index contributed by atoms with van der Waals surface area (Å²) < 4.78 is 10.8. The summed E-state index contributed by atoms with van der Waals surface area (Å²) >= 11 is 0. The van der Waals surface area contributed by atoms with Crippen LogP contribution in [0.1, 0.15) is 33.6 Å². The monoisotopic (exact) mass is 533 g/mol. The number of hydrogen-bond donors (Lipinski definition) is 2. The molecule has 7 nitrogen and oxygen atoms in total. The van der Waals surface area contributed by atoms with E-state index < -0.39 is 0 Å². The van der Waals surface area contributed by atoms with Crippen molar-refractivity contribution < 1.29 is 9.47 Å². The predicted molar refractivity (Wildman–Crippen MR) is 137 cm³/mol. The summed E-state index contributed by atoms with van der Waals surface area (Å²) in [5.74, 6) is 2.55. The summed E-state index contributed by atoms with van der Waals surface area (Å²) in [6, 6.07) is 6.47. The number of methoxy groups -OCH3 is 2. The molecule has 1 saturated heterocycles. The molecule has 8 heteroatoms. The molecule has 2 N–H and O–H groups in total. The van der Waals surface area contributed by atoms with Crippen LogP contribution in [0.2, 0.25) is 0 Å². The second-order valence-electron chi connectivity index (χ2n) is 8.38. The maximum absolute atomic E-state index is 5.41. The van der Waals surface area contributed by atoms with Crippen LogP contribution in [0.15, 0.2) is 23.2 Å². The van der Waals surface area contributed by atoms with Crippen LogP contribution in [-0.2, 0) is 0 Å². The molecule has 172 valence electrons. The fraction of sp³-hybridized carbons (Fsp3) is 0.682. The number of nitrogens with one attached hydrogen (secondary N) is 2. The molecule has 30 heavy (non-hydrogen) atoms. The van der Waals surface area contributed by atoms with Gasteiger partial charge in [0.25, 0.3) is 0 Å². The van der Waals surface area contributed by atoms with Gasteiger partial charge in [-0.2, -0.15) is 0 Å². The molecule has 1 heterocycles. The second kappa shape index (κ2) is 12.4. The zero-order valence-corrected chi connectivity index (χ0v) is 21.9. The van der Waals surface area contributed by atoms with Crippen LogP contribution < -0.4 is 25.0 Å². The molecule has 0 aliphatic carbocycles. The minimum absolute atomic E-state index is 0. The van der Waals surface area contributed by atoms with E-state index in [1.807, 2.05) is 6.07 Å². The Morgan fingerprint density at radius 1 is 1.13 bits per heavy atom. The molecule has 0 unspecified atom stereocenters. The number of aliphatic imine (C=N–C) groups is 1. The van der Waals surface area contributed by atoms with Gasteiger partial charge in [0.2, 0.25) is 0 Å². The lowest BCUT2D eigenvalue weighted by atomic mass is 10.0. The van der Waals surface area contributed by atoms with Crippen LogP contribution in [0.25, 0.3) is 0 Å². The topological polar surface area (TPSA) is 61.4 Å². The highest BCUT2D eigenvalue weighted by Gasteiger charge is 2.23. The average Bonchev–Trinajstić information content (AvgIpc) is 2.72. The Bertz CT molecular complexity index is 651. The van der Waals surface area contributed by atoms with Crippen molar-refractivity contribution in [1.29, 1.82) is 0 Å². The molecule has 0 aromatic heterocycles. The van der Waals surface area contributed by atoms with Gasteiger partial charge in [-0.05, 0) is 47.7 Å². The molecule has 0 atom stereocenters. The minimum Gasteiger partial charge on any atom is -0.497 e. The van der Waals surface area contributed by atoms with Crippen LogP contribution in [-0.4, -0.2) is 76.9 Å². The van der Waals surface area contributed by atoms with Crippen molar-refractivity contribution >= 4 is 35.6 Å². The van der Waals surface area contributed by atoms with E-state index in [4.69, 9.17) is 14.5 Å². The van der Waals surface area contributed by atoms with Crippen molar-refractivity contribution in [3.63, 3.8) is 0 Å². The third-order valence-electron chi connectivity index (χ3n) is 5.72. The van der Waals surface area contributed by atoms with Crippen LogP contribution in [0, 0.1) is 0 Å². The number of benzene rings is 1. The standard InChI is InChI=1S/C22H39N5O2.HI/c1-8-23-21(24-16-22(2,3)26(4)5)25-17-9-11-27(12-10-17)18-13-19(28-6)15-20(14-18)29-7;/h13-15,17H,8-12,16H2,1-7H3,(H2,23,24,25);1H. The fourth-order valence-electron chi connectivity index (χ4n) is 3.18. The smallest absolute Gasteiger partial charge is 0.191 e. The van der Waals surface area contributed by atoms with Crippen LogP contribution >= 0.6 is 24.0 Å². The summed E-state index contributed by atoms with van der Waals surface area (Å²) in [6.45, 7) is 10.1. The quantitative estimate of drug-likeness (QED) is 0.304. The summed E-state index contributed by atoms with van der Waals surface area (Å²) in [6.07, 6.45) is 2.11. The van der Waals surface area contributed by atoms with Crippen molar-refractivity contribution in [1.82, 2.24) is 15.5 Å². The Hall–Kier alpha value is -1.42. The van der Waals surface area contributed by atoms with Crippen molar-refractivity contribution in [3.05, 3.63) is 18.2 Å². The van der Waals surface area contributed by atoms with E-state index in [0.717, 1.165) is 62.2 Å². The van der Waals surface area contributed by atoms with E-state index in [9.17, 15) is 0 Å². The SMILES string of the molecule is CCNC(=NCC(C)(C)N(C)C)NC1CCN(c2cc(OC)cc(OC)c2)CC1.I. The zero-order valence-electron chi connectivity index (χ0n) is 19.6. The average molecular weight is 533 g/mol. The molecular formula is C22H40IN5O2. The molecule has 0 saturated carbocycles. The first kappa shape index (κ1) is 26.6. The molecule has 0 spiro atoms. The van der Waals surface area contributed by atoms with Crippen LogP contribution in [0.4, 0.5) is 5.69 Å². The maximum Gasteiger partial charge on any atom is 0.191 e. The number of likely N-dealkylation sites (N-methyl/N-ethyl adjacent to an activating group) is 1. The van der Waals surface area contributed by atoms with Gasteiger partial charge in [-0.3, -0.25) is 4.99 Å². The summed E-state index contributed by atoms with van der Waals surface area (Å²) in [7, 11) is 7.57. The van der Waals surface area contributed by atoms with Gasteiger partial charge >= 0.3 is 0 Å². The normalized spacial score (nSPS) is 15.6. The minimum atomic E-state index is 0. The van der Waals surface area contributed by atoms with Crippen LogP contribution in [0.3, 0.4) is 0 Å². The van der Waals surface area contributed by atoms with E-state index in [2.05, 4.69) is 67.4 Å². The number of rotatable bonds is 8. The molecule has 1 fully saturated rings. The highest BCUT2D eigenvalue weighted by atomic mass is 127. The van der Waals surface area contributed by atoms with Gasteiger partial charge < -0.3 is 29.9 Å². The lowest BCUT2D eigenvalue weighted by Gasteiger charge is -2.35. The zero-order chi connectivity index (χ0) is 21.4. The summed E-state index contributed by atoms with van der Waals surface area (Å²) in [5, 5.41) is 7.02. The van der Waals surface area contributed by atoms with Gasteiger partial charge in [-0.25, -0.2) is 0 Å². The van der Waals surface area contributed by atoms with E-state index in [1.165, 1.54) is 0 Å². The predicted octanol–water partition coefficient (Wildman–Crippen LogP) is 3.19. The molecule has 1 aliphatic heterocycles. The maximum atomic E-state index is 5.41. The van der Waals surface area contributed by atoms with E-state index in [0.29, 0.717) is 6.04 Å². The molecule has 0 amide bonds. The lowest BCUT2D eigenvalue weighted by molar-refractivity contribution is 0.204. The number of anilines is 1. The Labute approximate surface area is 199 Å². The summed E-state index contributed by atoms with van der Waals surface area (Å²) in [4.78, 5) is 9.43. The first-order valence-electron chi connectivity index (χ1n) is 10.5. The highest BCUT2D eigenvalue weighted by molar-refractivity contribution is 14.0. The van der Waals surface area contributed by atoms with Gasteiger partial charge in [-0.15, -0.1) is 24.0 Å². The molecular weight excluding hydrogens is 493 g/mol. The number of piperidine rings is 1. The van der Waals surface area contributed by atoms with Crippen molar-refractivity contribution in [2.75, 3.05) is 59.4 Å². The number of nitrogens with zero attached hydrogens (tertiary/aromatic N) is 3. The molecule has 2 rings (SSSR count). The Balaban J connectivity index is 0.00000450. The number of guanidine groups is 1. The second-order valence-corrected chi connectivity index (χ2v) is 8.38. The van der Waals surface area contributed by atoms with Gasteiger partial charge in [0.1, 0.15) is 11.5 Å². The number of halogens is 1. The lowest BCUT2D eigenvalue weighted by Crippen LogP contribution is -2.49. The first-order valence-corrected chi connectivity index (χ1v) is 10.5. The fourth-order valence-corrected chi connectivity index (χ4v) is 3.18. The van der Waals surface area contributed by atoms with Gasteiger partial charge in [0.05, 0.1) is 20.8 Å². The molecule has 0 radical (unpaired) electrons. The Morgan fingerprint density at radius 2 is 1.70 bits per heavy atom. The third-order valence-corrected chi connectivity index (χ3v) is 5.72. The van der Waals surface area contributed by atoms with E-state index in [-0.39, 0.29) is 29.5 Å². The largest absolute Gasteiger partial charge is 0.497 e. The third kappa shape index (κ3) is 7.68. The number of ether oxygens (including phenoxy) is 2.